The van der Waals surface area contributed by atoms with Gasteiger partial charge in [-0.3, -0.25) is 4.79 Å². The van der Waals surface area contributed by atoms with E-state index in [1.54, 1.807) is 0 Å². The molecule has 0 saturated carbocycles. The summed E-state index contributed by atoms with van der Waals surface area (Å²) < 4.78 is 0. The lowest BCUT2D eigenvalue weighted by Crippen LogP contribution is -2.09. The number of aliphatic hydroxyl groups excluding tert-OH is 1. The van der Waals surface area contributed by atoms with E-state index in [-0.39, 0.29) is 18.3 Å². The van der Waals surface area contributed by atoms with Crippen LogP contribution in [0, 0.1) is 11.8 Å². The Kier molecular flexibility index (Phi) is 5.99. The van der Waals surface area contributed by atoms with Gasteiger partial charge in [0.2, 0.25) is 0 Å². The van der Waals surface area contributed by atoms with E-state index < -0.39 is 0 Å². The van der Waals surface area contributed by atoms with Crippen LogP contribution in [-0.2, 0) is 4.79 Å². The molecule has 0 aliphatic heterocycles. The van der Waals surface area contributed by atoms with Crippen molar-refractivity contribution in [3.8, 4) is 0 Å². The lowest BCUT2D eigenvalue weighted by Gasteiger charge is -2.07. The fourth-order valence-electron chi connectivity index (χ4n) is 1.00. The SMILES string of the molecule is CC(C)CCC(=O)CC(C)CO. The molecule has 1 atom stereocenters. The van der Waals surface area contributed by atoms with Crippen LogP contribution in [0.2, 0.25) is 0 Å². The van der Waals surface area contributed by atoms with E-state index in [1.165, 1.54) is 0 Å². The van der Waals surface area contributed by atoms with Gasteiger partial charge in [0.25, 0.3) is 0 Å². The summed E-state index contributed by atoms with van der Waals surface area (Å²) in [6.07, 6.45) is 2.17. The van der Waals surface area contributed by atoms with Gasteiger partial charge in [0, 0.05) is 19.4 Å². The molecule has 1 N–H and O–H groups in total. The average Bonchev–Trinajstić information content (AvgIpc) is 2.00. The molecule has 0 aromatic heterocycles. The standard InChI is InChI=1S/C10H20O2/c1-8(2)4-5-10(12)6-9(3)7-11/h8-9,11H,4-7H2,1-3H3. The summed E-state index contributed by atoms with van der Waals surface area (Å²) in [5.41, 5.74) is 0. The Hall–Kier alpha value is -0.370. The maximum atomic E-state index is 11.2. The lowest BCUT2D eigenvalue weighted by molar-refractivity contribution is -0.120. The Morgan fingerprint density at radius 3 is 2.33 bits per heavy atom. The molecule has 0 spiro atoms. The number of rotatable bonds is 6. The zero-order chi connectivity index (χ0) is 9.56. The highest BCUT2D eigenvalue weighted by atomic mass is 16.3. The fraction of sp³-hybridized carbons (Fsp3) is 0.900. The van der Waals surface area contributed by atoms with Crippen molar-refractivity contribution in [3.05, 3.63) is 0 Å². The molecule has 72 valence electrons. The maximum Gasteiger partial charge on any atom is 0.133 e. The minimum atomic E-state index is 0.118. The monoisotopic (exact) mass is 172 g/mol. The van der Waals surface area contributed by atoms with Crippen LogP contribution in [0.5, 0.6) is 0 Å². The van der Waals surface area contributed by atoms with Gasteiger partial charge in [-0.15, -0.1) is 0 Å². The van der Waals surface area contributed by atoms with Crippen LogP contribution in [0.3, 0.4) is 0 Å². The molecule has 0 heterocycles. The first-order valence-corrected chi connectivity index (χ1v) is 4.68. The smallest absolute Gasteiger partial charge is 0.133 e. The maximum absolute atomic E-state index is 11.2. The highest BCUT2D eigenvalue weighted by Gasteiger charge is 2.08. The van der Waals surface area contributed by atoms with Crippen molar-refractivity contribution in [2.75, 3.05) is 6.61 Å². The predicted molar refractivity (Wildman–Crippen MR) is 49.9 cm³/mol. The second-order valence-electron chi connectivity index (χ2n) is 3.96. The molecule has 1 unspecified atom stereocenters. The van der Waals surface area contributed by atoms with Crippen molar-refractivity contribution in [1.29, 1.82) is 0 Å². The van der Waals surface area contributed by atoms with Crippen LogP contribution in [-0.4, -0.2) is 17.5 Å². The zero-order valence-corrected chi connectivity index (χ0v) is 8.34. The van der Waals surface area contributed by atoms with E-state index in [9.17, 15) is 4.79 Å². The molecular formula is C10H20O2. The third kappa shape index (κ3) is 6.35. The van der Waals surface area contributed by atoms with Crippen molar-refractivity contribution in [3.63, 3.8) is 0 Å². The number of hydrogen-bond acceptors (Lipinski definition) is 2. The first kappa shape index (κ1) is 11.6. The Morgan fingerprint density at radius 1 is 1.33 bits per heavy atom. The Labute approximate surface area is 75.0 Å². The summed E-state index contributed by atoms with van der Waals surface area (Å²) in [7, 11) is 0. The van der Waals surface area contributed by atoms with Gasteiger partial charge < -0.3 is 5.11 Å². The molecule has 2 nitrogen and oxygen atoms in total. The highest BCUT2D eigenvalue weighted by molar-refractivity contribution is 5.78. The third-order valence-electron chi connectivity index (χ3n) is 1.89. The van der Waals surface area contributed by atoms with E-state index in [0.29, 0.717) is 18.8 Å². The lowest BCUT2D eigenvalue weighted by atomic mass is 9.99. The average molecular weight is 172 g/mol. The van der Waals surface area contributed by atoms with Crippen molar-refractivity contribution < 1.29 is 9.90 Å². The Bertz CT molecular complexity index is 130. The molecule has 0 aromatic rings. The van der Waals surface area contributed by atoms with Crippen LogP contribution in [0.15, 0.2) is 0 Å². The van der Waals surface area contributed by atoms with Crippen molar-refractivity contribution >= 4 is 5.78 Å². The van der Waals surface area contributed by atoms with Gasteiger partial charge in [0.1, 0.15) is 5.78 Å². The largest absolute Gasteiger partial charge is 0.396 e. The molecule has 0 aromatic carbocycles. The van der Waals surface area contributed by atoms with Gasteiger partial charge >= 0.3 is 0 Å². The van der Waals surface area contributed by atoms with Crippen LogP contribution in [0.1, 0.15) is 40.0 Å². The summed E-state index contributed by atoms with van der Waals surface area (Å²) in [5, 5.41) is 8.71. The summed E-state index contributed by atoms with van der Waals surface area (Å²) in [4.78, 5) is 11.2. The van der Waals surface area contributed by atoms with Crippen molar-refractivity contribution in [1.82, 2.24) is 0 Å². The van der Waals surface area contributed by atoms with E-state index in [4.69, 9.17) is 5.11 Å². The topological polar surface area (TPSA) is 37.3 Å². The molecule has 0 aliphatic carbocycles. The normalized spacial score (nSPS) is 13.4. The second kappa shape index (κ2) is 6.18. The molecule has 0 saturated heterocycles. The first-order chi connectivity index (χ1) is 5.56. The van der Waals surface area contributed by atoms with Crippen LogP contribution in [0.4, 0.5) is 0 Å². The molecule has 0 bridgehead atoms. The molecule has 0 fully saturated rings. The van der Waals surface area contributed by atoms with E-state index in [2.05, 4.69) is 13.8 Å². The van der Waals surface area contributed by atoms with Crippen LogP contribution in [0.25, 0.3) is 0 Å². The third-order valence-corrected chi connectivity index (χ3v) is 1.89. The molecule has 0 radical (unpaired) electrons. The number of Topliss-reactive ketones (excluding diaryl/α,β-unsaturated/α-hetero) is 1. The van der Waals surface area contributed by atoms with E-state index in [1.807, 2.05) is 6.92 Å². The summed E-state index contributed by atoms with van der Waals surface area (Å²) >= 11 is 0. The number of ketones is 1. The van der Waals surface area contributed by atoms with Gasteiger partial charge in [0.05, 0.1) is 0 Å². The molecule has 12 heavy (non-hydrogen) atoms. The van der Waals surface area contributed by atoms with Gasteiger partial charge in [-0.1, -0.05) is 20.8 Å². The van der Waals surface area contributed by atoms with E-state index in [0.717, 1.165) is 6.42 Å². The fourth-order valence-corrected chi connectivity index (χ4v) is 1.00. The Balaban J connectivity index is 3.46. The van der Waals surface area contributed by atoms with Gasteiger partial charge in [-0.25, -0.2) is 0 Å². The number of hydrogen-bond donors (Lipinski definition) is 1. The molecule has 2 heteroatoms. The minimum absolute atomic E-state index is 0.118. The quantitative estimate of drug-likeness (QED) is 0.665. The number of carbonyl (C=O) groups excluding carboxylic acids is 1. The van der Waals surface area contributed by atoms with E-state index >= 15 is 0 Å². The zero-order valence-electron chi connectivity index (χ0n) is 8.34. The van der Waals surface area contributed by atoms with Crippen molar-refractivity contribution in [2.24, 2.45) is 11.8 Å². The Morgan fingerprint density at radius 2 is 1.92 bits per heavy atom. The number of aliphatic hydroxyl groups is 1. The highest BCUT2D eigenvalue weighted by Crippen LogP contribution is 2.09. The summed E-state index contributed by atoms with van der Waals surface area (Å²) in [6, 6.07) is 0. The second-order valence-corrected chi connectivity index (χ2v) is 3.96. The molecule has 0 rings (SSSR count). The summed E-state index contributed by atoms with van der Waals surface area (Å²) in [5.74, 6) is 1.01. The number of carbonyl (C=O) groups is 1. The van der Waals surface area contributed by atoms with Crippen molar-refractivity contribution in [2.45, 2.75) is 40.0 Å². The summed E-state index contributed by atoms with van der Waals surface area (Å²) in [6.45, 7) is 6.24. The van der Waals surface area contributed by atoms with Gasteiger partial charge in [0.15, 0.2) is 0 Å². The van der Waals surface area contributed by atoms with Crippen LogP contribution >= 0.6 is 0 Å². The molecular weight excluding hydrogens is 152 g/mol. The first-order valence-electron chi connectivity index (χ1n) is 4.68. The minimum Gasteiger partial charge on any atom is -0.396 e. The van der Waals surface area contributed by atoms with Gasteiger partial charge in [-0.2, -0.15) is 0 Å². The molecule has 0 aliphatic rings. The van der Waals surface area contributed by atoms with Gasteiger partial charge in [-0.05, 0) is 18.3 Å². The predicted octanol–water partition coefficient (Wildman–Crippen LogP) is 2.01. The molecule has 0 amide bonds. The van der Waals surface area contributed by atoms with Crippen LogP contribution < -0.4 is 0 Å².